The van der Waals surface area contributed by atoms with E-state index < -0.39 is 11.9 Å². The van der Waals surface area contributed by atoms with E-state index in [0.717, 1.165) is 11.1 Å². The summed E-state index contributed by atoms with van der Waals surface area (Å²) in [5.41, 5.74) is 8.24. The highest BCUT2D eigenvalue weighted by Crippen LogP contribution is 2.29. The smallest absolute Gasteiger partial charge is 0.252 e. The Kier molecular flexibility index (Phi) is 5.01. The molecular formula is C17H19N5O4. The standard InChI is InChI=1S/C17H19N5O4/c1-26-15-3-2-10(5-19-15)11-4-14-16(21-12(8-23)9-24)13(17(18)25)6-20-22(14)7-11/h2-7,12,21,23-24H,8-9H2,1H3,(H2,18,25). The third-order valence-electron chi connectivity index (χ3n) is 3.97. The minimum Gasteiger partial charge on any atom is -0.481 e. The van der Waals surface area contributed by atoms with Gasteiger partial charge in [0.15, 0.2) is 0 Å². The zero-order valence-corrected chi connectivity index (χ0v) is 14.1. The fraction of sp³-hybridized carbons (Fsp3) is 0.235. The second kappa shape index (κ2) is 7.38. The van der Waals surface area contributed by atoms with E-state index in [2.05, 4.69) is 15.4 Å². The molecule has 0 aromatic carbocycles. The number of methoxy groups -OCH3 is 1. The van der Waals surface area contributed by atoms with E-state index in [0.29, 0.717) is 17.1 Å². The highest BCUT2D eigenvalue weighted by molar-refractivity contribution is 6.02. The van der Waals surface area contributed by atoms with Gasteiger partial charge >= 0.3 is 0 Å². The van der Waals surface area contributed by atoms with Crippen molar-refractivity contribution in [3.8, 4) is 17.0 Å². The van der Waals surface area contributed by atoms with E-state index in [-0.39, 0.29) is 18.8 Å². The SMILES string of the molecule is COc1ccc(-c2cc3c(NC(CO)CO)c(C(N)=O)cnn3c2)cn1. The lowest BCUT2D eigenvalue weighted by atomic mass is 10.1. The molecule has 0 aliphatic rings. The van der Waals surface area contributed by atoms with Crippen LogP contribution in [0.5, 0.6) is 5.88 Å². The topological polar surface area (TPSA) is 135 Å². The number of rotatable bonds is 7. The first kappa shape index (κ1) is 17.6. The fourth-order valence-electron chi connectivity index (χ4n) is 2.58. The van der Waals surface area contributed by atoms with Gasteiger partial charge in [0.25, 0.3) is 5.91 Å². The molecule has 3 aromatic rings. The van der Waals surface area contributed by atoms with Crippen LogP contribution in [0.2, 0.25) is 0 Å². The first-order valence-corrected chi connectivity index (χ1v) is 7.87. The molecule has 3 rings (SSSR count). The molecule has 3 heterocycles. The number of primary amides is 1. The lowest BCUT2D eigenvalue weighted by Crippen LogP contribution is -2.29. The maximum Gasteiger partial charge on any atom is 0.252 e. The Morgan fingerprint density at radius 3 is 2.65 bits per heavy atom. The van der Waals surface area contributed by atoms with Crippen LogP contribution in [0.3, 0.4) is 0 Å². The summed E-state index contributed by atoms with van der Waals surface area (Å²) in [4.78, 5) is 15.9. The van der Waals surface area contributed by atoms with Crippen LogP contribution in [0.25, 0.3) is 16.6 Å². The Morgan fingerprint density at radius 1 is 1.31 bits per heavy atom. The highest BCUT2D eigenvalue weighted by Gasteiger charge is 2.18. The average molecular weight is 357 g/mol. The number of aromatic nitrogens is 3. The summed E-state index contributed by atoms with van der Waals surface area (Å²) in [6.45, 7) is -0.613. The molecule has 0 saturated carbocycles. The Bertz CT molecular complexity index is 919. The zero-order chi connectivity index (χ0) is 18.7. The molecule has 0 aliphatic heterocycles. The van der Waals surface area contributed by atoms with Crippen LogP contribution in [0, 0.1) is 0 Å². The molecule has 0 bridgehead atoms. The van der Waals surface area contributed by atoms with Crippen molar-refractivity contribution in [2.75, 3.05) is 25.6 Å². The van der Waals surface area contributed by atoms with Crippen molar-refractivity contribution >= 4 is 17.1 Å². The number of anilines is 1. The van der Waals surface area contributed by atoms with Crippen LogP contribution < -0.4 is 15.8 Å². The number of aliphatic hydroxyl groups excluding tert-OH is 2. The maximum atomic E-state index is 11.8. The summed E-state index contributed by atoms with van der Waals surface area (Å²) in [5, 5.41) is 25.8. The molecule has 9 heteroatoms. The van der Waals surface area contributed by atoms with E-state index >= 15 is 0 Å². The largest absolute Gasteiger partial charge is 0.481 e. The Morgan fingerprint density at radius 2 is 2.08 bits per heavy atom. The van der Waals surface area contributed by atoms with Gasteiger partial charge < -0.3 is 26.0 Å². The average Bonchev–Trinajstić information content (AvgIpc) is 3.10. The van der Waals surface area contributed by atoms with Crippen LogP contribution in [-0.4, -0.2) is 57.1 Å². The summed E-state index contributed by atoms with van der Waals surface area (Å²) in [6, 6.07) is 4.77. The summed E-state index contributed by atoms with van der Waals surface area (Å²) in [7, 11) is 1.54. The molecule has 0 atom stereocenters. The molecular weight excluding hydrogens is 338 g/mol. The Hall–Kier alpha value is -3.17. The number of nitrogens with two attached hydrogens (primary N) is 1. The molecule has 5 N–H and O–H groups in total. The number of hydrogen-bond donors (Lipinski definition) is 4. The molecule has 3 aromatic heterocycles. The molecule has 0 fully saturated rings. The summed E-state index contributed by atoms with van der Waals surface area (Å²) in [6.07, 6.45) is 4.79. The van der Waals surface area contributed by atoms with Gasteiger partial charge in [0.1, 0.15) is 0 Å². The second-order valence-corrected chi connectivity index (χ2v) is 5.65. The number of carbonyl (C=O) groups excluding carboxylic acids is 1. The lowest BCUT2D eigenvalue weighted by molar-refractivity contribution is 0.1000. The fourth-order valence-corrected chi connectivity index (χ4v) is 2.58. The zero-order valence-electron chi connectivity index (χ0n) is 14.1. The van der Waals surface area contributed by atoms with Crippen molar-refractivity contribution in [1.82, 2.24) is 14.6 Å². The van der Waals surface area contributed by atoms with Crippen LogP contribution in [0.1, 0.15) is 10.4 Å². The molecule has 0 saturated heterocycles. The van der Waals surface area contributed by atoms with Crippen LogP contribution in [-0.2, 0) is 0 Å². The minimum absolute atomic E-state index is 0.168. The molecule has 0 radical (unpaired) electrons. The summed E-state index contributed by atoms with van der Waals surface area (Å²) >= 11 is 0. The molecule has 0 spiro atoms. The van der Waals surface area contributed by atoms with Crippen molar-refractivity contribution in [1.29, 1.82) is 0 Å². The predicted octanol–water partition coefficient (Wildman–Crippen LogP) is 0.269. The van der Waals surface area contributed by atoms with Gasteiger partial charge in [-0.15, -0.1) is 0 Å². The molecule has 0 aliphatic carbocycles. The number of carbonyl (C=O) groups is 1. The summed E-state index contributed by atoms with van der Waals surface area (Å²) in [5.74, 6) is -0.159. The minimum atomic E-state index is -0.661. The van der Waals surface area contributed by atoms with Crippen molar-refractivity contribution < 1.29 is 19.7 Å². The molecule has 1 amide bonds. The third kappa shape index (κ3) is 3.30. The van der Waals surface area contributed by atoms with E-state index in [1.54, 1.807) is 30.1 Å². The van der Waals surface area contributed by atoms with Gasteiger partial charge in [-0.3, -0.25) is 4.79 Å². The van der Waals surface area contributed by atoms with Crippen molar-refractivity contribution in [2.24, 2.45) is 5.73 Å². The quantitative estimate of drug-likeness (QED) is 0.476. The molecule has 9 nitrogen and oxygen atoms in total. The number of ether oxygens (including phenoxy) is 1. The Labute approximate surface area is 149 Å². The highest BCUT2D eigenvalue weighted by atomic mass is 16.5. The van der Waals surface area contributed by atoms with Crippen LogP contribution >= 0.6 is 0 Å². The van der Waals surface area contributed by atoms with E-state index in [1.165, 1.54) is 6.20 Å². The van der Waals surface area contributed by atoms with Crippen LogP contribution in [0.4, 0.5) is 5.69 Å². The number of fused-ring (bicyclic) bond motifs is 1. The van der Waals surface area contributed by atoms with Gasteiger partial charge in [-0.05, 0) is 12.1 Å². The van der Waals surface area contributed by atoms with Gasteiger partial charge in [0.2, 0.25) is 5.88 Å². The number of nitrogens with zero attached hydrogens (tertiary/aromatic N) is 3. The van der Waals surface area contributed by atoms with Crippen LogP contribution in [0.15, 0.2) is 36.8 Å². The van der Waals surface area contributed by atoms with Gasteiger partial charge in [0.05, 0.1) is 49.3 Å². The summed E-state index contributed by atoms with van der Waals surface area (Å²) < 4.78 is 6.64. The van der Waals surface area contributed by atoms with E-state index in [1.807, 2.05) is 12.1 Å². The number of hydrogen-bond acceptors (Lipinski definition) is 7. The number of amides is 1. The molecule has 0 unspecified atom stereocenters. The van der Waals surface area contributed by atoms with Crippen molar-refractivity contribution in [2.45, 2.75) is 6.04 Å². The molecule has 136 valence electrons. The van der Waals surface area contributed by atoms with Crippen molar-refractivity contribution in [3.05, 3.63) is 42.4 Å². The maximum absolute atomic E-state index is 11.8. The number of pyridine rings is 1. The Balaban J connectivity index is 2.11. The van der Waals surface area contributed by atoms with Crippen molar-refractivity contribution in [3.63, 3.8) is 0 Å². The number of aliphatic hydroxyl groups is 2. The predicted molar refractivity (Wildman–Crippen MR) is 95.1 cm³/mol. The normalized spacial score (nSPS) is 11.1. The monoisotopic (exact) mass is 357 g/mol. The molecule has 26 heavy (non-hydrogen) atoms. The first-order valence-electron chi connectivity index (χ1n) is 7.87. The van der Waals surface area contributed by atoms with Gasteiger partial charge in [-0.1, -0.05) is 0 Å². The van der Waals surface area contributed by atoms with E-state index in [9.17, 15) is 15.0 Å². The van der Waals surface area contributed by atoms with Gasteiger partial charge in [-0.25, -0.2) is 9.50 Å². The lowest BCUT2D eigenvalue weighted by Gasteiger charge is -2.17. The van der Waals surface area contributed by atoms with Gasteiger partial charge in [-0.2, -0.15) is 5.10 Å². The first-order chi connectivity index (χ1) is 12.6. The van der Waals surface area contributed by atoms with E-state index in [4.69, 9.17) is 10.5 Å². The number of nitrogens with one attached hydrogen (secondary N) is 1. The van der Waals surface area contributed by atoms with Gasteiger partial charge in [0, 0.05) is 29.6 Å². The second-order valence-electron chi connectivity index (χ2n) is 5.65. The third-order valence-corrected chi connectivity index (χ3v) is 3.97.